The number of rotatable bonds is 0. The number of benzene rings is 1. The first-order valence-corrected chi connectivity index (χ1v) is 9.00. The second-order valence-corrected chi connectivity index (χ2v) is 8.26. The summed E-state index contributed by atoms with van der Waals surface area (Å²) in [4.78, 5) is 0. The SMILES string of the molecule is CC1=CC[C@@]2(O)OC(C)(C)c3cc(Br)ccc3[C@H]2c2oc(C)cc21. The van der Waals surface area contributed by atoms with Crippen molar-refractivity contribution in [1.82, 2.24) is 0 Å². The predicted octanol–water partition coefficient (Wildman–Crippen LogP) is 5.24. The van der Waals surface area contributed by atoms with E-state index in [1.807, 2.05) is 39.0 Å². The summed E-state index contributed by atoms with van der Waals surface area (Å²) >= 11 is 3.55. The zero-order valence-electron chi connectivity index (χ0n) is 14.3. The van der Waals surface area contributed by atoms with Gasteiger partial charge in [-0.15, -0.1) is 0 Å². The fraction of sp³-hybridized carbons (Fsp3) is 0.400. The summed E-state index contributed by atoms with van der Waals surface area (Å²) < 4.78 is 13.3. The van der Waals surface area contributed by atoms with Gasteiger partial charge in [0.05, 0.1) is 11.5 Å². The first-order chi connectivity index (χ1) is 11.2. The molecule has 0 spiro atoms. The fourth-order valence-corrected chi connectivity index (χ4v) is 4.43. The number of aryl methyl sites for hydroxylation is 1. The van der Waals surface area contributed by atoms with E-state index in [-0.39, 0.29) is 5.92 Å². The van der Waals surface area contributed by atoms with E-state index in [4.69, 9.17) is 9.15 Å². The molecule has 4 rings (SSSR count). The number of fused-ring (bicyclic) bond motifs is 5. The summed E-state index contributed by atoms with van der Waals surface area (Å²) in [5, 5.41) is 11.5. The normalized spacial score (nSPS) is 27.6. The molecule has 4 heteroatoms. The zero-order chi connectivity index (χ0) is 17.3. The Morgan fingerprint density at radius 2 is 1.96 bits per heavy atom. The molecule has 24 heavy (non-hydrogen) atoms. The fourth-order valence-electron chi connectivity index (χ4n) is 4.07. The molecule has 2 atom stereocenters. The molecule has 2 aliphatic rings. The predicted molar refractivity (Wildman–Crippen MR) is 96.8 cm³/mol. The maximum atomic E-state index is 11.5. The molecule has 0 bridgehead atoms. The summed E-state index contributed by atoms with van der Waals surface area (Å²) in [5.41, 5.74) is 3.73. The molecule has 0 radical (unpaired) electrons. The minimum Gasteiger partial charge on any atom is -0.465 e. The van der Waals surface area contributed by atoms with E-state index in [2.05, 4.69) is 35.0 Å². The van der Waals surface area contributed by atoms with Gasteiger partial charge in [-0.3, -0.25) is 0 Å². The van der Waals surface area contributed by atoms with Crippen LogP contribution in [0.15, 0.2) is 39.2 Å². The van der Waals surface area contributed by atoms with Gasteiger partial charge in [0.1, 0.15) is 11.5 Å². The quantitative estimate of drug-likeness (QED) is 0.670. The van der Waals surface area contributed by atoms with Crippen LogP contribution in [0.2, 0.25) is 0 Å². The van der Waals surface area contributed by atoms with Gasteiger partial charge in [0.15, 0.2) is 5.79 Å². The van der Waals surface area contributed by atoms with Gasteiger partial charge >= 0.3 is 0 Å². The van der Waals surface area contributed by atoms with Crippen molar-refractivity contribution in [3.05, 3.63) is 63.0 Å². The molecule has 126 valence electrons. The van der Waals surface area contributed by atoms with Crippen LogP contribution in [0.5, 0.6) is 0 Å². The standard InChI is InChI=1S/C20H21BrO3/c1-11-7-8-20(22)17(18-15(11)9-12(2)23-18)14-6-5-13(21)10-16(14)19(3,4)24-20/h5-7,9-10,17,22H,8H2,1-4H3/t17-,20+/m0/s1. The van der Waals surface area contributed by atoms with E-state index in [9.17, 15) is 5.11 Å². The van der Waals surface area contributed by atoms with Crippen molar-refractivity contribution in [2.24, 2.45) is 0 Å². The largest absolute Gasteiger partial charge is 0.465 e. The van der Waals surface area contributed by atoms with Gasteiger partial charge in [-0.25, -0.2) is 0 Å². The van der Waals surface area contributed by atoms with Crippen molar-refractivity contribution in [2.75, 3.05) is 0 Å². The monoisotopic (exact) mass is 388 g/mol. The Morgan fingerprint density at radius 3 is 2.71 bits per heavy atom. The number of aliphatic hydroxyl groups is 1. The Morgan fingerprint density at radius 1 is 1.21 bits per heavy atom. The van der Waals surface area contributed by atoms with Crippen molar-refractivity contribution >= 4 is 21.5 Å². The Bertz CT molecular complexity index is 862. The maximum absolute atomic E-state index is 11.5. The van der Waals surface area contributed by atoms with Crippen molar-refractivity contribution in [1.29, 1.82) is 0 Å². The molecule has 0 saturated carbocycles. The van der Waals surface area contributed by atoms with Gasteiger partial charge in [0, 0.05) is 16.5 Å². The number of halogens is 1. The smallest absolute Gasteiger partial charge is 0.184 e. The summed E-state index contributed by atoms with van der Waals surface area (Å²) in [6.45, 7) is 8.00. The molecule has 0 amide bonds. The van der Waals surface area contributed by atoms with Crippen LogP contribution >= 0.6 is 15.9 Å². The minimum atomic E-state index is -1.32. The molecule has 2 heterocycles. The number of ether oxygens (including phenoxy) is 1. The second-order valence-electron chi connectivity index (χ2n) is 7.35. The van der Waals surface area contributed by atoms with Crippen molar-refractivity contribution < 1.29 is 14.3 Å². The lowest BCUT2D eigenvalue weighted by molar-refractivity contribution is -0.277. The van der Waals surface area contributed by atoms with E-state index in [0.717, 1.165) is 38.3 Å². The number of furan rings is 1. The first kappa shape index (κ1) is 16.1. The lowest BCUT2D eigenvalue weighted by Crippen LogP contribution is -2.49. The zero-order valence-corrected chi connectivity index (χ0v) is 15.9. The molecular formula is C20H21BrO3. The van der Waals surface area contributed by atoms with E-state index < -0.39 is 11.4 Å². The Kier molecular flexibility index (Phi) is 3.41. The highest BCUT2D eigenvalue weighted by Gasteiger charge is 2.52. The van der Waals surface area contributed by atoms with Crippen LogP contribution < -0.4 is 0 Å². The summed E-state index contributed by atoms with van der Waals surface area (Å²) in [7, 11) is 0. The third-order valence-corrected chi connectivity index (χ3v) is 5.62. The van der Waals surface area contributed by atoms with Crippen molar-refractivity contribution in [3.63, 3.8) is 0 Å². The number of hydrogen-bond acceptors (Lipinski definition) is 3. The molecule has 1 aliphatic heterocycles. The Labute approximate surface area is 150 Å². The highest BCUT2D eigenvalue weighted by molar-refractivity contribution is 9.10. The summed E-state index contributed by atoms with van der Waals surface area (Å²) in [5.74, 6) is -0.0203. The molecule has 2 aromatic rings. The highest BCUT2D eigenvalue weighted by Crippen LogP contribution is 2.53. The lowest BCUT2D eigenvalue weighted by Gasteiger charge is -2.47. The van der Waals surface area contributed by atoms with Crippen LogP contribution in [0.4, 0.5) is 0 Å². The van der Waals surface area contributed by atoms with Crippen LogP contribution in [0.25, 0.3) is 5.57 Å². The molecule has 1 aromatic carbocycles. The molecule has 0 unspecified atom stereocenters. The van der Waals surface area contributed by atoms with Crippen LogP contribution in [-0.4, -0.2) is 10.9 Å². The summed E-state index contributed by atoms with van der Waals surface area (Å²) in [6, 6.07) is 8.21. The van der Waals surface area contributed by atoms with E-state index >= 15 is 0 Å². The van der Waals surface area contributed by atoms with Gasteiger partial charge in [0.2, 0.25) is 0 Å². The molecule has 3 nitrogen and oxygen atoms in total. The van der Waals surface area contributed by atoms with Crippen LogP contribution in [0.1, 0.15) is 61.3 Å². The van der Waals surface area contributed by atoms with Crippen LogP contribution in [-0.2, 0) is 10.3 Å². The highest BCUT2D eigenvalue weighted by atomic mass is 79.9. The van der Waals surface area contributed by atoms with Crippen LogP contribution in [0, 0.1) is 6.92 Å². The van der Waals surface area contributed by atoms with Gasteiger partial charge in [-0.2, -0.15) is 0 Å². The second kappa shape index (κ2) is 5.07. The van der Waals surface area contributed by atoms with Gasteiger partial charge < -0.3 is 14.3 Å². The Balaban J connectivity index is 2.04. The van der Waals surface area contributed by atoms with Crippen LogP contribution in [0.3, 0.4) is 0 Å². The Hall–Kier alpha value is -1.36. The van der Waals surface area contributed by atoms with E-state index in [1.165, 1.54) is 0 Å². The van der Waals surface area contributed by atoms with Gasteiger partial charge in [0.25, 0.3) is 0 Å². The molecule has 0 fully saturated rings. The van der Waals surface area contributed by atoms with Gasteiger partial charge in [-0.1, -0.05) is 28.1 Å². The molecular weight excluding hydrogens is 368 g/mol. The minimum absolute atomic E-state index is 0.342. The number of hydrogen-bond donors (Lipinski definition) is 1. The third kappa shape index (κ3) is 2.24. The lowest BCUT2D eigenvalue weighted by atomic mass is 9.76. The topological polar surface area (TPSA) is 42.6 Å². The number of allylic oxidation sites excluding steroid dienone is 1. The average molecular weight is 389 g/mol. The first-order valence-electron chi connectivity index (χ1n) is 8.21. The third-order valence-electron chi connectivity index (χ3n) is 5.13. The molecule has 1 aliphatic carbocycles. The summed E-state index contributed by atoms with van der Waals surface area (Å²) in [6.07, 6.45) is 2.49. The van der Waals surface area contributed by atoms with Crippen molar-refractivity contribution in [2.45, 2.75) is 51.4 Å². The molecule has 0 saturated heterocycles. The van der Waals surface area contributed by atoms with E-state index in [0.29, 0.717) is 6.42 Å². The van der Waals surface area contributed by atoms with Gasteiger partial charge in [-0.05, 0) is 62.6 Å². The maximum Gasteiger partial charge on any atom is 0.184 e. The molecule has 1 N–H and O–H groups in total. The van der Waals surface area contributed by atoms with Crippen molar-refractivity contribution in [3.8, 4) is 0 Å². The average Bonchev–Trinajstić information content (AvgIpc) is 2.82. The molecule has 1 aromatic heterocycles. The van der Waals surface area contributed by atoms with E-state index in [1.54, 1.807) is 0 Å².